The summed E-state index contributed by atoms with van der Waals surface area (Å²) in [6, 6.07) is 5.12. The number of rotatable bonds is 9. The van der Waals surface area contributed by atoms with E-state index in [0.29, 0.717) is 24.5 Å². The zero-order chi connectivity index (χ0) is 15.0. The fourth-order valence-electron chi connectivity index (χ4n) is 1.92. The van der Waals surface area contributed by atoms with E-state index in [2.05, 4.69) is 5.32 Å². The van der Waals surface area contributed by atoms with E-state index in [9.17, 15) is 5.11 Å². The molecule has 0 bridgehead atoms. The van der Waals surface area contributed by atoms with Gasteiger partial charge in [0.1, 0.15) is 0 Å². The number of aliphatic hydroxyl groups excluding tert-OH is 1. The monoisotopic (exact) mass is 282 g/mol. The summed E-state index contributed by atoms with van der Waals surface area (Å²) in [7, 11) is 3.45. The molecule has 0 saturated heterocycles. The lowest BCUT2D eigenvalue weighted by Gasteiger charge is -2.20. The molecule has 0 amide bonds. The first-order valence-electron chi connectivity index (χ1n) is 7.03. The van der Waals surface area contributed by atoms with Crippen LogP contribution in [0.25, 0.3) is 0 Å². The molecule has 1 aromatic rings. The summed E-state index contributed by atoms with van der Waals surface area (Å²) in [6.07, 6.45) is 0.925. The second kappa shape index (κ2) is 8.79. The Morgan fingerprint density at radius 1 is 1.35 bits per heavy atom. The fraction of sp³-hybridized carbons (Fsp3) is 0.600. The largest absolute Gasteiger partial charge is 0.493 e. The summed E-state index contributed by atoms with van der Waals surface area (Å²) in [6.45, 7) is 3.46. The molecule has 0 aliphatic carbocycles. The molecule has 0 aliphatic heterocycles. The average molecular weight is 282 g/mol. The molecular weight excluding hydrogens is 256 g/mol. The van der Waals surface area contributed by atoms with Gasteiger partial charge >= 0.3 is 0 Å². The minimum Gasteiger partial charge on any atom is -0.493 e. The molecule has 2 atom stereocenters. The van der Waals surface area contributed by atoms with Crippen molar-refractivity contribution in [3.8, 4) is 11.5 Å². The van der Waals surface area contributed by atoms with Gasteiger partial charge < -0.3 is 25.6 Å². The number of nitrogens with two attached hydrogens (primary N) is 1. The molecular formula is C15H26N2O3. The Kier molecular flexibility index (Phi) is 7.36. The van der Waals surface area contributed by atoms with Crippen LogP contribution in [0.5, 0.6) is 11.5 Å². The lowest BCUT2D eigenvalue weighted by Crippen LogP contribution is -2.31. The van der Waals surface area contributed by atoms with Crippen molar-refractivity contribution in [1.82, 2.24) is 5.32 Å². The Balaban J connectivity index is 2.80. The zero-order valence-corrected chi connectivity index (χ0v) is 12.6. The predicted molar refractivity (Wildman–Crippen MR) is 80.3 cm³/mol. The van der Waals surface area contributed by atoms with Gasteiger partial charge in [0.25, 0.3) is 0 Å². The van der Waals surface area contributed by atoms with E-state index in [1.807, 2.05) is 26.1 Å². The van der Waals surface area contributed by atoms with Crippen molar-refractivity contribution in [2.24, 2.45) is 5.73 Å². The van der Waals surface area contributed by atoms with E-state index < -0.39 is 6.10 Å². The van der Waals surface area contributed by atoms with E-state index >= 15 is 0 Å². The van der Waals surface area contributed by atoms with Crippen LogP contribution in [-0.4, -0.2) is 38.5 Å². The number of hydrogen-bond donors (Lipinski definition) is 3. The van der Waals surface area contributed by atoms with Gasteiger partial charge in [-0.2, -0.15) is 0 Å². The fourth-order valence-corrected chi connectivity index (χ4v) is 1.92. The molecule has 2 unspecified atom stereocenters. The number of nitrogens with one attached hydrogen (secondary N) is 1. The lowest BCUT2D eigenvalue weighted by molar-refractivity contribution is 0.142. The molecule has 0 spiro atoms. The molecule has 0 heterocycles. The molecule has 5 heteroatoms. The third kappa shape index (κ3) is 4.67. The number of hydrogen-bond acceptors (Lipinski definition) is 5. The van der Waals surface area contributed by atoms with Gasteiger partial charge in [-0.3, -0.25) is 0 Å². The normalized spacial score (nSPS) is 13.8. The second-order valence-electron chi connectivity index (χ2n) is 4.76. The maximum atomic E-state index is 10.3. The average Bonchev–Trinajstić information content (AvgIpc) is 2.49. The number of ether oxygens (including phenoxy) is 2. The van der Waals surface area contributed by atoms with Gasteiger partial charge in [0, 0.05) is 6.04 Å². The van der Waals surface area contributed by atoms with Gasteiger partial charge in [-0.25, -0.2) is 0 Å². The quantitative estimate of drug-likeness (QED) is 0.639. The minimum atomic E-state index is -0.711. The SMILES string of the molecule is CCCOc1ccc(C(O)C(N)CCNC)cc1OC. The van der Waals surface area contributed by atoms with Crippen LogP contribution in [0.3, 0.4) is 0 Å². The van der Waals surface area contributed by atoms with E-state index in [-0.39, 0.29) is 6.04 Å². The van der Waals surface area contributed by atoms with Crippen LogP contribution in [0.15, 0.2) is 18.2 Å². The standard InChI is InChI=1S/C15H26N2O3/c1-4-9-20-13-6-5-11(10-14(13)19-3)15(18)12(16)7-8-17-2/h5-6,10,12,15,17-18H,4,7-9,16H2,1-3H3. The molecule has 0 aliphatic rings. The van der Waals surface area contributed by atoms with Gasteiger partial charge in [0.15, 0.2) is 11.5 Å². The second-order valence-corrected chi connectivity index (χ2v) is 4.76. The van der Waals surface area contributed by atoms with E-state index in [1.165, 1.54) is 0 Å². The number of benzene rings is 1. The van der Waals surface area contributed by atoms with Crippen molar-refractivity contribution < 1.29 is 14.6 Å². The lowest BCUT2D eigenvalue weighted by atomic mass is 10.00. The van der Waals surface area contributed by atoms with Gasteiger partial charge in [0.2, 0.25) is 0 Å². The van der Waals surface area contributed by atoms with Crippen molar-refractivity contribution in [3.05, 3.63) is 23.8 Å². The summed E-state index contributed by atoms with van der Waals surface area (Å²) in [5.41, 5.74) is 6.73. The first-order chi connectivity index (χ1) is 9.63. The molecule has 0 fully saturated rings. The summed E-state index contributed by atoms with van der Waals surface area (Å²) in [4.78, 5) is 0. The molecule has 1 aromatic carbocycles. The van der Waals surface area contributed by atoms with Gasteiger partial charge in [-0.05, 0) is 44.1 Å². The van der Waals surface area contributed by atoms with Crippen LogP contribution in [0.1, 0.15) is 31.4 Å². The van der Waals surface area contributed by atoms with Crippen molar-refractivity contribution in [2.75, 3.05) is 27.3 Å². The van der Waals surface area contributed by atoms with Crippen molar-refractivity contribution in [2.45, 2.75) is 31.9 Å². The Morgan fingerprint density at radius 2 is 2.10 bits per heavy atom. The molecule has 0 radical (unpaired) electrons. The van der Waals surface area contributed by atoms with Crippen LogP contribution in [-0.2, 0) is 0 Å². The van der Waals surface area contributed by atoms with Crippen LogP contribution in [0.4, 0.5) is 0 Å². The molecule has 1 rings (SSSR count). The van der Waals surface area contributed by atoms with Crippen LogP contribution < -0.4 is 20.5 Å². The van der Waals surface area contributed by atoms with Crippen LogP contribution >= 0.6 is 0 Å². The summed E-state index contributed by atoms with van der Waals surface area (Å²) in [5, 5.41) is 13.3. The first kappa shape index (κ1) is 16.8. The first-order valence-corrected chi connectivity index (χ1v) is 7.03. The van der Waals surface area contributed by atoms with E-state index in [4.69, 9.17) is 15.2 Å². The van der Waals surface area contributed by atoms with Gasteiger partial charge in [-0.15, -0.1) is 0 Å². The van der Waals surface area contributed by atoms with Crippen LogP contribution in [0.2, 0.25) is 0 Å². The van der Waals surface area contributed by atoms with Gasteiger partial charge in [0.05, 0.1) is 19.8 Å². The molecule has 0 saturated carbocycles. The topological polar surface area (TPSA) is 76.7 Å². The smallest absolute Gasteiger partial charge is 0.161 e. The highest BCUT2D eigenvalue weighted by atomic mass is 16.5. The van der Waals surface area contributed by atoms with Crippen molar-refractivity contribution in [1.29, 1.82) is 0 Å². The van der Waals surface area contributed by atoms with Crippen molar-refractivity contribution in [3.63, 3.8) is 0 Å². The highest BCUT2D eigenvalue weighted by Gasteiger charge is 2.18. The summed E-state index contributed by atoms with van der Waals surface area (Å²) < 4.78 is 10.9. The van der Waals surface area contributed by atoms with Crippen molar-refractivity contribution >= 4 is 0 Å². The number of aliphatic hydroxyl groups is 1. The van der Waals surface area contributed by atoms with Crippen LogP contribution in [0, 0.1) is 0 Å². The van der Waals surface area contributed by atoms with Gasteiger partial charge in [-0.1, -0.05) is 13.0 Å². The Labute approximate surface area is 121 Å². The maximum Gasteiger partial charge on any atom is 0.161 e. The minimum absolute atomic E-state index is 0.311. The van der Waals surface area contributed by atoms with E-state index in [1.54, 1.807) is 13.2 Å². The molecule has 114 valence electrons. The third-order valence-electron chi connectivity index (χ3n) is 3.12. The summed E-state index contributed by atoms with van der Waals surface area (Å²) in [5.74, 6) is 1.31. The molecule has 0 aromatic heterocycles. The molecule has 20 heavy (non-hydrogen) atoms. The van der Waals surface area contributed by atoms with E-state index in [0.717, 1.165) is 18.5 Å². The Hall–Kier alpha value is -1.30. The Bertz CT molecular complexity index is 399. The number of methoxy groups -OCH3 is 1. The predicted octanol–water partition coefficient (Wildman–Crippen LogP) is 1.45. The highest BCUT2D eigenvalue weighted by Crippen LogP contribution is 2.31. The summed E-state index contributed by atoms with van der Waals surface area (Å²) >= 11 is 0. The molecule has 4 N–H and O–H groups in total. The zero-order valence-electron chi connectivity index (χ0n) is 12.6. The Morgan fingerprint density at radius 3 is 2.70 bits per heavy atom. The third-order valence-corrected chi connectivity index (χ3v) is 3.12. The highest BCUT2D eigenvalue weighted by molar-refractivity contribution is 5.43. The maximum absolute atomic E-state index is 10.3. The molecule has 5 nitrogen and oxygen atoms in total.